The third-order valence-electron chi connectivity index (χ3n) is 2.61. The lowest BCUT2D eigenvalue weighted by Gasteiger charge is -2.11. The van der Waals surface area contributed by atoms with Crippen molar-refractivity contribution in [1.82, 2.24) is 15.8 Å². The second-order valence-corrected chi connectivity index (χ2v) is 4.01. The van der Waals surface area contributed by atoms with Crippen molar-refractivity contribution in [2.75, 3.05) is 7.05 Å². The first-order valence-electron chi connectivity index (χ1n) is 5.96. The van der Waals surface area contributed by atoms with Crippen LogP contribution in [0, 0.1) is 11.6 Å². The van der Waals surface area contributed by atoms with Crippen LogP contribution in [0.3, 0.4) is 0 Å². The number of hydrogen-bond donors (Lipinski definition) is 2. The highest BCUT2D eigenvalue weighted by Crippen LogP contribution is 2.09. The number of halogens is 3. The molecule has 114 valence electrons. The molecule has 0 aliphatic rings. The first kappa shape index (κ1) is 17.3. The molecule has 2 N–H and O–H groups in total. The first-order valence-corrected chi connectivity index (χ1v) is 5.96. The van der Waals surface area contributed by atoms with Crippen molar-refractivity contribution in [3.8, 4) is 0 Å². The van der Waals surface area contributed by atoms with E-state index < -0.39 is 11.6 Å². The number of nitrogens with one attached hydrogen (secondary N) is 2. The van der Waals surface area contributed by atoms with Gasteiger partial charge in [-0.1, -0.05) is 5.16 Å². The highest BCUT2D eigenvalue weighted by atomic mass is 127. The van der Waals surface area contributed by atoms with Gasteiger partial charge in [-0.25, -0.2) is 8.78 Å². The lowest BCUT2D eigenvalue weighted by atomic mass is 10.2. The van der Waals surface area contributed by atoms with E-state index >= 15 is 0 Å². The maximum absolute atomic E-state index is 13.4. The molecule has 1 heterocycles. The molecule has 0 saturated carbocycles. The van der Waals surface area contributed by atoms with Crippen LogP contribution >= 0.6 is 24.0 Å². The average molecular weight is 408 g/mol. The van der Waals surface area contributed by atoms with Crippen LogP contribution in [0.4, 0.5) is 8.78 Å². The Balaban J connectivity index is 0.00000220. The molecule has 0 aliphatic carbocycles. The van der Waals surface area contributed by atoms with E-state index in [1.54, 1.807) is 13.1 Å². The fourth-order valence-electron chi connectivity index (χ4n) is 1.58. The molecule has 2 aromatic rings. The second kappa shape index (κ2) is 8.55. The quantitative estimate of drug-likeness (QED) is 0.464. The minimum absolute atomic E-state index is 0. The molecule has 21 heavy (non-hydrogen) atoms. The summed E-state index contributed by atoms with van der Waals surface area (Å²) in [6.45, 7) is 0.546. The van der Waals surface area contributed by atoms with Gasteiger partial charge in [0.25, 0.3) is 0 Å². The summed E-state index contributed by atoms with van der Waals surface area (Å²) in [5.74, 6) is -0.490. The third-order valence-corrected chi connectivity index (χ3v) is 2.61. The van der Waals surface area contributed by atoms with Crippen LogP contribution in [0.25, 0.3) is 0 Å². The minimum Gasteiger partial charge on any atom is -0.364 e. The number of guanidine groups is 1. The molecule has 0 bridgehead atoms. The van der Waals surface area contributed by atoms with Crippen molar-refractivity contribution >= 4 is 29.9 Å². The minimum atomic E-state index is -0.478. The maximum atomic E-state index is 13.4. The Morgan fingerprint density at radius 1 is 1.24 bits per heavy atom. The van der Waals surface area contributed by atoms with Crippen LogP contribution in [-0.2, 0) is 13.1 Å². The SMILES string of the molecule is CN=C(NCc1ccon1)NCc1cc(F)ccc1F.I. The fourth-order valence-corrected chi connectivity index (χ4v) is 1.58. The average Bonchev–Trinajstić information content (AvgIpc) is 2.96. The number of rotatable bonds is 4. The first-order chi connectivity index (χ1) is 9.69. The van der Waals surface area contributed by atoms with Gasteiger partial charge in [-0.05, 0) is 18.2 Å². The molecule has 0 spiro atoms. The third kappa shape index (κ3) is 5.29. The zero-order chi connectivity index (χ0) is 14.4. The van der Waals surface area contributed by atoms with Crippen molar-refractivity contribution in [1.29, 1.82) is 0 Å². The molecular formula is C13H15F2IN4O. The summed E-state index contributed by atoms with van der Waals surface area (Å²) in [7, 11) is 1.58. The smallest absolute Gasteiger partial charge is 0.191 e. The van der Waals surface area contributed by atoms with E-state index in [1.807, 2.05) is 0 Å². The van der Waals surface area contributed by atoms with E-state index in [9.17, 15) is 8.78 Å². The summed E-state index contributed by atoms with van der Waals surface area (Å²) >= 11 is 0. The van der Waals surface area contributed by atoms with E-state index in [4.69, 9.17) is 4.52 Å². The van der Waals surface area contributed by atoms with E-state index in [2.05, 4.69) is 20.8 Å². The maximum Gasteiger partial charge on any atom is 0.191 e. The Bertz CT molecular complexity index is 590. The standard InChI is InChI=1S/C13H14F2N4O.HI/c1-16-13(18-8-11-4-5-20-19-11)17-7-9-6-10(14)2-3-12(9)15;/h2-6H,7-8H2,1H3,(H2,16,17,18);1H. The van der Waals surface area contributed by atoms with Gasteiger partial charge >= 0.3 is 0 Å². The molecule has 0 aliphatic heterocycles. The van der Waals surface area contributed by atoms with Gasteiger partial charge in [0.1, 0.15) is 23.6 Å². The Hall–Kier alpha value is -1.71. The fraction of sp³-hybridized carbons (Fsp3) is 0.231. The molecule has 1 aromatic heterocycles. The van der Waals surface area contributed by atoms with Crippen LogP contribution in [0.1, 0.15) is 11.3 Å². The molecule has 5 nitrogen and oxygen atoms in total. The summed E-state index contributed by atoms with van der Waals surface area (Å²) in [4.78, 5) is 3.97. The summed E-state index contributed by atoms with van der Waals surface area (Å²) in [5, 5.41) is 9.60. The largest absolute Gasteiger partial charge is 0.364 e. The van der Waals surface area contributed by atoms with Gasteiger partial charge in [0.05, 0.1) is 6.54 Å². The van der Waals surface area contributed by atoms with Crippen LogP contribution in [0.15, 0.2) is 40.0 Å². The van der Waals surface area contributed by atoms with Gasteiger partial charge in [0.15, 0.2) is 5.96 Å². The predicted molar refractivity (Wildman–Crippen MR) is 85.3 cm³/mol. The Kier molecular flexibility index (Phi) is 7.06. The van der Waals surface area contributed by atoms with Crippen LogP contribution in [0.5, 0.6) is 0 Å². The van der Waals surface area contributed by atoms with Crippen molar-refractivity contribution in [3.05, 3.63) is 53.4 Å². The molecule has 0 saturated heterocycles. The predicted octanol–water partition coefficient (Wildman–Crippen LogP) is 2.44. The van der Waals surface area contributed by atoms with E-state index in [0.717, 1.165) is 18.2 Å². The van der Waals surface area contributed by atoms with Crippen molar-refractivity contribution in [2.24, 2.45) is 4.99 Å². The van der Waals surface area contributed by atoms with Gasteiger partial charge in [-0.15, -0.1) is 24.0 Å². The van der Waals surface area contributed by atoms with Crippen LogP contribution < -0.4 is 10.6 Å². The van der Waals surface area contributed by atoms with Gasteiger partial charge < -0.3 is 15.2 Å². The number of aromatic nitrogens is 1. The molecule has 1 aromatic carbocycles. The monoisotopic (exact) mass is 408 g/mol. The topological polar surface area (TPSA) is 62.5 Å². The summed E-state index contributed by atoms with van der Waals surface area (Å²) in [6.07, 6.45) is 1.47. The molecule has 8 heteroatoms. The molecule has 0 unspecified atom stereocenters. The van der Waals surface area contributed by atoms with Gasteiger partial charge in [0, 0.05) is 25.2 Å². The molecule has 2 rings (SSSR count). The van der Waals surface area contributed by atoms with E-state index in [-0.39, 0.29) is 36.1 Å². The highest BCUT2D eigenvalue weighted by molar-refractivity contribution is 14.0. The van der Waals surface area contributed by atoms with Crippen LogP contribution in [0.2, 0.25) is 0 Å². The molecule has 0 fully saturated rings. The van der Waals surface area contributed by atoms with Crippen molar-refractivity contribution < 1.29 is 13.3 Å². The Morgan fingerprint density at radius 3 is 2.67 bits per heavy atom. The Morgan fingerprint density at radius 2 is 2.00 bits per heavy atom. The van der Waals surface area contributed by atoms with Gasteiger partial charge in [-0.2, -0.15) is 0 Å². The van der Waals surface area contributed by atoms with E-state index in [0.29, 0.717) is 18.2 Å². The normalized spacial score (nSPS) is 10.9. The summed E-state index contributed by atoms with van der Waals surface area (Å²) in [5.41, 5.74) is 0.944. The zero-order valence-electron chi connectivity index (χ0n) is 11.3. The molecule has 0 atom stereocenters. The highest BCUT2D eigenvalue weighted by Gasteiger charge is 2.05. The molecule has 0 amide bonds. The summed E-state index contributed by atoms with van der Waals surface area (Å²) in [6, 6.07) is 5.04. The Labute approximate surface area is 137 Å². The van der Waals surface area contributed by atoms with Crippen LogP contribution in [-0.4, -0.2) is 18.2 Å². The number of nitrogens with zero attached hydrogens (tertiary/aromatic N) is 2. The number of benzene rings is 1. The molecular weight excluding hydrogens is 393 g/mol. The van der Waals surface area contributed by atoms with E-state index in [1.165, 1.54) is 6.26 Å². The molecule has 0 radical (unpaired) electrons. The number of aliphatic imine (C=N–C) groups is 1. The van der Waals surface area contributed by atoms with Gasteiger partial charge in [0.2, 0.25) is 0 Å². The van der Waals surface area contributed by atoms with Gasteiger partial charge in [-0.3, -0.25) is 4.99 Å². The van der Waals surface area contributed by atoms with Crippen molar-refractivity contribution in [3.63, 3.8) is 0 Å². The lowest BCUT2D eigenvalue weighted by Crippen LogP contribution is -2.36. The van der Waals surface area contributed by atoms with Crippen molar-refractivity contribution in [2.45, 2.75) is 13.1 Å². The lowest BCUT2D eigenvalue weighted by molar-refractivity contribution is 0.410. The second-order valence-electron chi connectivity index (χ2n) is 4.01. The summed E-state index contributed by atoms with van der Waals surface area (Å²) < 4.78 is 31.2. The number of hydrogen-bond acceptors (Lipinski definition) is 3. The zero-order valence-corrected chi connectivity index (χ0v) is 13.6.